The van der Waals surface area contributed by atoms with Gasteiger partial charge in [-0.1, -0.05) is 61.2 Å². The number of allylic oxidation sites excluding steroid dienone is 1. The molecule has 2 rings (SSSR count). The first kappa shape index (κ1) is 21.7. The standard InChI is InChI=1S/C25H32N2O/c1-5-12-25-24(8-4)22(19-26-25)15-16-27(17-18-28-23(6-2)7-3)20-21-13-10-9-11-14-21/h5-14,19,23,26H,1-3,15-18,20H2,4H3/b24-8-,25-12+. The van der Waals surface area contributed by atoms with E-state index in [0.717, 1.165) is 31.4 Å². The van der Waals surface area contributed by atoms with Crippen molar-refractivity contribution < 1.29 is 4.74 Å². The van der Waals surface area contributed by atoms with Crippen LogP contribution in [0.1, 0.15) is 18.1 Å². The van der Waals surface area contributed by atoms with Crippen molar-refractivity contribution in [2.24, 2.45) is 0 Å². The lowest BCUT2D eigenvalue weighted by Crippen LogP contribution is -2.32. The van der Waals surface area contributed by atoms with Crippen molar-refractivity contribution in [1.29, 1.82) is 0 Å². The van der Waals surface area contributed by atoms with E-state index in [1.807, 2.05) is 12.2 Å². The number of benzene rings is 1. The number of H-pyrrole nitrogens is 1. The minimum atomic E-state index is -0.0958. The highest BCUT2D eigenvalue weighted by atomic mass is 16.5. The monoisotopic (exact) mass is 376 g/mol. The molecule has 0 spiro atoms. The van der Waals surface area contributed by atoms with Gasteiger partial charge in [0.05, 0.1) is 12.7 Å². The van der Waals surface area contributed by atoms with E-state index in [-0.39, 0.29) is 6.10 Å². The maximum absolute atomic E-state index is 5.84. The molecule has 3 heteroatoms. The first-order chi connectivity index (χ1) is 13.7. The number of aromatic nitrogens is 1. The van der Waals surface area contributed by atoms with Gasteiger partial charge in [0.25, 0.3) is 0 Å². The summed E-state index contributed by atoms with van der Waals surface area (Å²) in [7, 11) is 0. The molecule has 0 fully saturated rings. The Hall–Kier alpha value is -2.62. The zero-order valence-corrected chi connectivity index (χ0v) is 16.9. The Balaban J connectivity index is 2.06. The number of rotatable bonds is 12. The van der Waals surface area contributed by atoms with Crippen molar-refractivity contribution in [3.8, 4) is 0 Å². The van der Waals surface area contributed by atoms with Crippen LogP contribution in [-0.4, -0.2) is 35.7 Å². The molecule has 148 valence electrons. The van der Waals surface area contributed by atoms with Crippen molar-refractivity contribution in [1.82, 2.24) is 9.88 Å². The summed E-state index contributed by atoms with van der Waals surface area (Å²) in [6.45, 7) is 16.8. The van der Waals surface area contributed by atoms with E-state index in [4.69, 9.17) is 4.74 Å². The molecular formula is C25H32N2O. The molecule has 0 aliphatic carbocycles. The fourth-order valence-electron chi connectivity index (χ4n) is 3.24. The molecule has 1 heterocycles. The zero-order valence-electron chi connectivity index (χ0n) is 16.9. The molecule has 0 saturated carbocycles. The van der Waals surface area contributed by atoms with Gasteiger partial charge in [-0.05, 0) is 35.8 Å². The fourth-order valence-corrected chi connectivity index (χ4v) is 3.24. The number of aromatic amines is 1. The molecule has 0 aliphatic rings. The van der Waals surface area contributed by atoms with Gasteiger partial charge >= 0.3 is 0 Å². The first-order valence-electron chi connectivity index (χ1n) is 9.80. The van der Waals surface area contributed by atoms with Crippen LogP contribution >= 0.6 is 0 Å². The minimum Gasteiger partial charge on any atom is -0.369 e. The van der Waals surface area contributed by atoms with Crippen molar-refractivity contribution in [2.45, 2.75) is 26.0 Å². The van der Waals surface area contributed by atoms with Gasteiger partial charge in [-0.15, -0.1) is 13.2 Å². The Morgan fingerprint density at radius 1 is 1.11 bits per heavy atom. The van der Waals surface area contributed by atoms with E-state index in [1.54, 1.807) is 12.2 Å². The van der Waals surface area contributed by atoms with Gasteiger partial charge in [0.1, 0.15) is 0 Å². The van der Waals surface area contributed by atoms with Crippen molar-refractivity contribution >= 4 is 12.2 Å². The molecule has 2 aromatic rings. The summed E-state index contributed by atoms with van der Waals surface area (Å²) in [5.41, 5.74) is 2.63. The summed E-state index contributed by atoms with van der Waals surface area (Å²) in [4.78, 5) is 5.78. The molecule has 0 amide bonds. The van der Waals surface area contributed by atoms with Crippen LogP contribution in [-0.2, 0) is 17.7 Å². The molecule has 1 aromatic carbocycles. The molecule has 0 radical (unpaired) electrons. The Morgan fingerprint density at radius 3 is 2.50 bits per heavy atom. The van der Waals surface area contributed by atoms with Crippen molar-refractivity contribution in [2.75, 3.05) is 19.7 Å². The number of nitrogens with one attached hydrogen (secondary N) is 1. The Labute approximate surface area is 169 Å². The van der Waals surface area contributed by atoms with E-state index in [1.165, 1.54) is 16.3 Å². The summed E-state index contributed by atoms with van der Waals surface area (Å²) in [6, 6.07) is 10.6. The maximum atomic E-state index is 5.84. The largest absolute Gasteiger partial charge is 0.369 e. The highest BCUT2D eigenvalue weighted by molar-refractivity contribution is 5.38. The zero-order chi connectivity index (χ0) is 20.2. The van der Waals surface area contributed by atoms with Gasteiger partial charge in [-0.25, -0.2) is 0 Å². The highest BCUT2D eigenvalue weighted by Crippen LogP contribution is 2.06. The summed E-state index contributed by atoms with van der Waals surface area (Å²) in [6.07, 6.45) is 12.5. The van der Waals surface area contributed by atoms with Gasteiger partial charge in [0.15, 0.2) is 0 Å². The number of ether oxygens (including phenoxy) is 1. The highest BCUT2D eigenvalue weighted by Gasteiger charge is 2.09. The van der Waals surface area contributed by atoms with E-state index in [2.05, 4.69) is 79.1 Å². The molecular weight excluding hydrogens is 344 g/mol. The van der Waals surface area contributed by atoms with Gasteiger partial charge in [0.2, 0.25) is 0 Å². The second kappa shape index (κ2) is 12.0. The summed E-state index contributed by atoms with van der Waals surface area (Å²) in [5, 5.41) is 2.37. The number of hydrogen-bond acceptors (Lipinski definition) is 2. The average molecular weight is 377 g/mol. The lowest BCUT2D eigenvalue weighted by Gasteiger charge is -2.23. The summed E-state index contributed by atoms with van der Waals surface area (Å²) in [5.74, 6) is 0. The lowest BCUT2D eigenvalue weighted by molar-refractivity contribution is 0.0868. The summed E-state index contributed by atoms with van der Waals surface area (Å²) >= 11 is 0. The first-order valence-corrected chi connectivity index (χ1v) is 9.80. The number of hydrogen-bond donors (Lipinski definition) is 1. The third kappa shape index (κ3) is 6.52. The molecule has 1 N–H and O–H groups in total. The number of nitrogens with zero attached hydrogens (tertiary/aromatic N) is 1. The van der Waals surface area contributed by atoms with Crippen LogP contribution in [0.5, 0.6) is 0 Å². The summed E-state index contributed by atoms with van der Waals surface area (Å²) < 4.78 is 5.84. The van der Waals surface area contributed by atoms with Crippen molar-refractivity contribution in [3.63, 3.8) is 0 Å². The second-order valence-electron chi connectivity index (χ2n) is 6.65. The smallest absolute Gasteiger partial charge is 0.0932 e. The Kier molecular flexibility index (Phi) is 9.26. The van der Waals surface area contributed by atoms with Crippen LogP contribution in [0.25, 0.3) is 12.2 Å². The molecule has 1 aromatic heterocycles. The van der Waals surface area contributed by atoms with Crippen LogP contribution < -0.4 is 10.6 Å². The molecule has 0 aliphatic heterocycles. The van der Waals surface area contributed by atoms with Crippen LogP contribution in [0.3, 0.4) is 0 Å². The predicted molar refractivity (Wildman–Crippen MR) is 120 cm³/mol. The van der Waals surface area contributed by atoms with E-state index in [0.29, 0.717) is 6.61 Å². The van der Waals surface area contributed by atoms with Gasteiger partial charge in [-0.3, -0.25) is 4.90 Å². The van der Waals surface area contributed by atoms with Crippen LogP contribution in [0, 0.1) is 0 Å². The second-order valence-corrected chi connectivity index (χ2v) is 6.65. The third-order valence-electron chi connectivity index (χ3n) is 4.74. The topological polar surface area (TPSA) is 28.3 Å². The van der Waals surface area contributed by atoms with E-state index < -0.39 is 0 Å². The minimum absolute atomic E-state index is 0.0958. The predicted octanol–water partition coefficient (Wildman–Crippen LogP) is 3.58. The SMILES string of the molecule is C=C/C=c1/[nH]cc(CCN(CCOC(C=C)C=C)Cc2ccccc2)/c1=C/C. The molecule has 3 nitrogen and oxygen atoms in total. The Morgan fingerprint density at radius 2 is 1.86 bits per heavy atom. The maximum Gasteiger partial charge on any atom is 0.0932 e. The normalized spacial score (nSPS) is 12.7. The lowest BCUT2D eigenvalue weighted by atomic mass is 10.1. The van der Waals surface area contributed by atoms with Gasteiger partial charge in [-0.2, -0.15) is 0 Å². The third-order valence-corrected chi connectivity index (χ3v) is 4.74. The van der Waals surface area contributed by atoms with Gasteiger partial charge in [0, 0.05) is 31.2 Å². The molecule has 0 bridgehead atoms. The fraction of sp³-hybridized carbons (Fsp3) is 0.280. The average Bonchev–Trinajstić information content (AvgIpc) is 3.12. The van der Waals surface area contributed by atoms with E-state index in [9.17, 15) is 0 Å². The van der Waals surface area contributed by atoms with Gasteiger partial charge < -0.3 is 9.72 Å². The molecule has 0 atom stereocenters. The van der Waals surface area contributed by atoms with Crippen LogP contribution in [0.15, 0.2) is 74.5 Å². The van der Waals surface area contributed by atoms with Crippen molar-refractivity contribution in [3.05, 3.63) is 96.2 Å². The van der Waals surface area contributed by atoms with Crippen LogP contribution in [0.2, 0.25) is 0 Å². The van der Waals surface area contributed by atoms with E-state index >= 15 is 0 Å². The Bertz CT molecular complexity index is 856. The van der Waals surface area contributed by atoms with Crippen LogP contribution in [0.4, 0.5) is 0 Å². The molecule has 28 heavy (non-hydrogen) atoms. The molecule has 0 saturated heterocycles. The molecule has 0 unspecified atom stereocenters. The quantitative estimate of drug-likeness (QED) is 0.574.